The third-order valence-corrected chi connectivity index (χ3v) is 8.41. The Morgan fingerprint density at radius 3 is 1.72 bits per heavy atom. The molecule has 4 saturated carbocycles. The van der Waals surface area contributed by atoms with Gasteiger partial charge in [-0.3, -0.25) is 0 Å². The van der Waals surface area contributed by atoms with Gasteiger partial charge >= 0.3 is 0 Å². The van der Waals surface area contributed by atoms with Crippen LogP contribution in [0.15, 0.2) is 42.5 Å². The van der Waals surface area contributed by atoms with E-state index in [9.17, 15) is 0 Å². The molecule has 0 spiro atoms. The maximum atomic E-state index is 2.61. The van der Waals surface area contributed by atoms with Crippen LogP contribution in [0, 0.1) is 23.2 Å². The standard InChI is InChI=1S/C29H38/c1-20(2)25-23(22-10-8-7-9-11-22)12-21(3)13-24(25)29-17-26(4)14-27(5,18-29)16-28(6,15-26)19-29/h7-13,20H,14-19H2,1-6H3. The summed E-state index contributed by atoms with van der Waals surface area (Å²) in [6.45, 7) is 15.0. The van der Waals surface area contributed by atoms with Crippen LogP contribution in [0.3, 0.4) is 0 Å². The maximum absolute atomic E-state index is 2.61. The Kier molecular flexibility index (Phi) is 4.01. The van der Waals surface area contributed by atoms with E-state index < -0.39 is 0 Å². The van der Waals surface area contributed by atoms with Gasteiger partial charge < -0.3 is 0 Å². The lowest BCUT2D eigenvalue weighted by molar-refractivity contribution is -0.152. The first-order valence-corrected chi connectivity index (χ1v) is 11.8. The zero-order valence-electron chi connectivity index (χ0n) is 19.4. The monoisotopic (exact) mass is 386 g/mol. The Hall–Kier alpha value is -1.56. The van der Waals surface area contributed by atoms with Crippen molar-refractivity contribution in [1.82, 2.24) is 0 Å². The highest BCUT2D eigenvalue weighted by atomic mass is 14.7. The zero-order chi connectivity index (χ0) is 20.7. The van der Waals surface area contributed by atoms with Gasteiger partial charge in [-0.1, -0.05) is 82.6 Å². The number of aryl methyl sites for hydroxylation is 1. The first kappa shape index (κ1) is 19.4. The fraction of sp³-hybridized carbons (Fsp3) is 0.586. The van der Waals surface area contributed by atoms with Crippen molar-refractivity contribution < 1.29 is 0 Å². The second kappa shape index (κ2) is 5.99. The van der Waals surface area contributed by atoms with Crippen LogP contribution in [0.2, 0.25) is 0 Å². The van der Waals surface area contributed by atoms with E-state index >= 15 is 0 Å². The number of benzene rings is 2. The van der Waals surface area contributed by atoms with E-state index in [1.165, 1.54) is 55.2 Å². The Labute approximate surface area is 178 Å². The van der Waals surface area contributed by atoms with Crippen molar-refractivity contribution in [1.29, 1.82) is 0 Å². The summed E-state index contributed by atoms with van der Waals surface area (Å²) < 4.78 is 0. The predicted octanol–water partition coefficient (Wildman–Crippen LogP) is 8.42. The van der Waals surface area contributed by atoms with Crippen LogP contribution in [0.25, 0.3) is 11.1 Å². The molecule has 154 valence electrons. The van der Waals surface area contributed by atoms with E-state index in [0.29, 0.717) is 27.6 Å². The molecule has 0 nitrogen and oxygen atoms in total. The lowest BCUT2D eigenvalue weighted by Crippen LogP contribution is -2.60. The van der Waals surface area contributed by atoms with Gasteiger partial charge in [0.25, 0.3) is 0 Å². The average molecular weight is 387 g/mol. The van der Waals surface area contributed by atoms with Gasteiger partial charge in [-0.15, -0.1) is 0 Å². The lowest BCUT2D eigenvalue weighted by atomic mass is 9.35. The summed E-state index contributed by atoms with van der Waals surface area (Å²) in [5.74, 6) is 0.544. The SMILES string of the molecule is Cc1cc(-c2ccccc2)c(C(C)C)c(C23CC4(C)CC(C)(CC(C)(C4)C2)C3)c1. The quantitative estimate of drug-likeness (QED) is 0.496. The fourth-order valence-electron chi connectivity index (χ4n) is 9.29. The van der Waals surface area contributed by atoms with Gasteiger partial charge in [0.2, 0.25) is 0 Å². The molecule has 4 aliphatic rings. The second-order valence-electron chi connectivity index (χ2n) is 12.6. The van der Waals surface area contributed by atoms with Crippen molar-refractivity contribution >= 4 is 0 Å². The molecule has 4 aliphatic carbocycles. The number of rotatable bonds is 3. The molecular formula is C29H38. The first-order valence-electron chi connectivity index (χ1n) is 11.8. The van der Waals surface area contributed by atoms with Crippen LogP contribution in [-0.4, -0.2) is 0 Å². The van der Waals surface area contributed by atoms with Crippen LogP contribution in [-0.2, 0) is 5.41 Å². The Bertz CT molecular complexity index is 894. The average Bonchev–Trinajstić information content (AvgIpc) is 2.57. The van der Waals surface area contributed by atoms with E-state index in [1.807, 2.05) is 0 Å². The van der Waals surface area contributed by atoms with Gasteiger partial charge in [-0.05, 0) is 95.3 Å². The molecule has 0 radical (unpaired) electrons. The third-order valence-electron chi connectivity index (χ3n) is 8.41. The minimum atomic E-state index is 0.363. The van der Waals surface area contributed by atoms with E-state index in [1.54, 1.807) is 11.1 Å². The smallest absolute Gasteiger partial charge is 0.00283 e. The molecule has 4 fully saturated rings. The largest absolute Gasteiger partial charge is 0.0622 e. The molecule has 2 aromatic carbocycles. The van der Waals surface area contributed by atoms with Gasteiger partial charge in [-0.25, -0.2) is 0 Å². The minimum absolute atomic E-state index is 0.363. The molecule has 0 N–H and O–H groups in total. The molecule has 0 heterocycles. The highest BCUT2D eigenvalue weighted by Gasteiger charge is 2.64. The van der Waals surface area contributed by atoms with Crippen molar-refractivity contribution in [3.05, 3.63) is 59.2 Å². The summed E-state index contributed by atoms with van der Waals surface area (Å²) in [5.41, 5.74) is 9.53. The molecule has 0 atom stereocenters. The van der Waals surface area contributed by atoms with Crippen LogP contribution < -0.4 is 0 Å². The van der Waals surface area contributed by atoms with Gasteiger partial charge in [0, 0.05) is 0 Å². The zero-order valence-corrected chi connectivity index (χ0v) is 19.4. The molecule has 0 saturated heterocycles. The highest BCUT2D eigenvalue weighted by molar-refractivity contribution is 5.71. The summed E-state index contributed by atoms with van der Waals surface area (Å²) in [7, 11) is 0. The van der Waals surface area contributed by atoms with Crippen LogP contribution in [0.1, 0.15) is 95.8 Å². The second-order valence-corrected chi connectivity index (χ2v) is 12.6. The van der Waals surface area contributed by atoms with E-state index in [-0.39, 0.29) is 0 Å². The van der Waals surface area contributed by atoms with Crippen molar-refractivity contribution in [2.45, 2.75) is 91.4 Å². The fourth-order valence-corrected chi connectivity index (χ4v) is 9.29. The Morgan fingerprint density at radius 2 is 1.24 bits per heavy atom. The minimum Gasteiger partial charge on any atom is -0.0622 e. The molecule has 4 bridgehead atoms. The molecule has 0 unspecified atom stereocenters. The van der Waals surface area contributed by atoms with Crippen molar-refractivity contribution in [2.75, 3.05) is 0 Å². The Balaban J connectivity index is 1.76. The summed E-state index contributed by atoms with van der Waals surface area (Å²) in [6.07, 6.45) is 8.48. The van der Waals surface area contributed by atoms with Crippen LogP contribution in [0.4, 0.5) is 0 Å². The van der Waals surface area contributed by atoms with Crippen molar-refractivity contribution in [3.63, 3.8) is 0 Å². The molecular weight excluding hydrogens is 348 g/mol. The van der Waals surface area contributed by atoms with Gasteiger partial charge in [0.15, 0.2) is 0 Å². The van der Waals surface area contributed by atoms with Gasteiger partial charge in [0.05, 0.1) is 0 Å². The topological polar surface area (TPSA) is 0 Å². The third kappa shape index (κ3) is 3.01. The molecule has 0 amide bonds. The normalized spacial score (nSPS) is 38.0. The predicted molar refractivity (Wildman–Crippen MR) is 124 cm³/mol. The summed E-state index contributed by atoms with van der Waals surface area (Å²) in [6, 6.07) is 16.1. The summed E-state index contributed by atoms with van der Waals surface area (Å²) in [4.78, 5) is 0. The number of hydrogen-bond acceptors (Lipinski definition) is 0. The van der Waals surface area contributed by atoms with Gasteiger partial charge in [-0.2, -0.15) is 0 Å². The van der Waals surface area contributed by atoms with Crippen LogP contribution >= 0.6 is 0 Å². The van der Waals surface area contributed by atoms with E-state index in [0.717, 1.165) is 0 Å². The maximum Gasteiger partial charge on any atom is -0.00283 e. The van der Waals surface area contributed by atoms with E-state index in [4.69, 9.17) is 0 Å². The summed E-state index contributed by atoms with van der Waals surface area (Å²) >= 11 is 0. The van der Waals surface area contributed by atoms with E-state index in [2.05, 4.69) is 84.0 Å². The summed E-state index contributed by atoms with van der Waals surface area (Å²) in [5, 5.41) is 0. The van der Waals surface area contributed by atoms with Crippen LogP contribution in [0.5, 0.6) is 0 Å². The van der Waals surface area contributed by atoms with Gasteiger partial charge in [0.1, 0.15) is 0 Å². The first-order chi connectivity index (χ1) is 13.5. The molecule has 29 heavy (non-hydrogen) atoms. The highest BCUT2D eigenvalue weighted by Crippen LogP contribution is 2.74. The molecule has 2 aromatic rings. The molecule has 6 rings (SSSR count). The Morgan fingerprint density at radius 1 is 0.724 bits per heavy atom. The lowest BCUT2D eigenvalue weighted by Gasteiger charge is -2.69. The molecule has 0 aromatic heterocycles. The number of hydrogen-bond donors (Lipinski definition) is 0. The van der Waals surface area contributed by atoms with Crippen molar-refractivity contribution in [2.24, 2.45) is 16.2 Å². The molecule has 0 aliphatic heterocycles. The van der Waals surface area contributed by atoms with Crippen molar-refractivity contribution in [3.8, 4) is 11.1 Å². The molecule has 0 heteroatoms.